The molecule has 5 rings (SSSR count). The monoisotopic (exact) mass is 856 g/mol. The Balaban J connectivity index is 1.63. The summed E-state index contributed by atoms with van der Waals surface area (Å²) in [5.74, 6) is -4.60. The van der Waals surface area contributed by atoms with Crippen molar-refractivity contribution in [3.05, 3.63) is 30.2 Å². The number of fused-ring (bicyclic) bond motifs is 5. The molecular weight excluding hydrogens is 793 g/mol. The van der Waals surface area contributed by atoms with Gasteiger partial charge in [-0.15, -0.1) is 0 Å². The maximum absolute atomic E-state index is 14.5. The summed E-state index contributed by atoms with van der Waals surface area (Å²) in [4.78, 5) is 62.0. The number of Topliss-reactive ketones (excluding diaryl/α,β-unsaturated/α-hetero) is 1. The molecule has 18 nitrogen and oxygen atoms in total. The Morgan fingerprint density at radius 1 is 1.10 bits per heavy atom. The van der Waals surface area contributed by atoms with E-state index in [2.05, 4.69) is 20.1 Å². The molecule has 0 aromatic carbocycles. The standard InChI is InChI=1S/C43H64N6O12/c1-12-32-43(9,54)38-24(4)34(46-27(7)50)22(2)17-42(8,56-20-28(19-55-38)48-57-21-29-18-45-39(59-29)30-14-13-15-33(44)47-30)37(25(5)35(51)26(6)40(53)60-32)61-41-36(52)31(49(10)11)16-23(3)58-41/h13-15,18,22-26,31-32,36-38,41,52,54H,12,16-17,19-21H2,1-11H3,(H2,44,47)/b46-34?,48-28+/t22-,23-,24+,25+,26-,31+,32-,36-,37-,38+,41+,42-,43-/m1/s1. The Morgan fingerprint density at radius 3 is 2.48 bits per heavy atom. The second-order valence-corrected chi connectivity index (χ2v) is 17.4. The number of amides is 1. The highest BCUT2D eigenvalue weighted by Crippen LogP contribution is 2.40. The van der Waals surface area contributed by atoms with E-state index in [4.69, 9.17) is 38.7 Å². The Labute approximate surface area is 357 Å². The number of likely N-dealkylation sites (N-methyl/N-ethyl adjacent to an activating group) is 1. The van der Waals surface area contributed by atoms with Crippen LogP contribution in [0, 0.1) is 23.7 Å². The number of cyclic esters (lactones) is 1. The fourth-order valence-corrected chi connectivity index (χ4v) is 8.86. The van der Waals surface area contributed by atoms with Gasteiger partial charge in [0.2, 0.25) is 11.8 Å². The maximum atomic E-state index is 14.5. The minimum Gasteiger partial charge on any atom is -0.459 e. The van der Waals surface area contributed by atoms with Crippen LogP contribution in [0.2, 0.25) is 0 Å². The van der Waals surface area contributed by atoms with Gasteiger partial charge < -0.3 is 53.8 Å². The van der Waals surface area contributed by atoms with Crippen LogP contribution in [0.5, 0.6) is 0 Å². The van der Waals surface area contributed by atoms with Crippen molar-refractivity contribution >= 4 is 34.9 Å². The second kappa shape index (κ2) is 19.9. The number of nitrogens with zero attached hydrogens (tertiary/aromatic N) is 5. The number of pyridine rings is 1. The predicted octanol–water partition coefficient (Wildman–Crippen LogP) is 3.75. The Hall–Kier alpha value is -4.17. The number of hydrogen-bond acceptors (Lipinski definition) is 17. The third kappa shape index (κ3) is 11.1. The van der Waals surface area contributed by atoms with Crippen molar-refractivity contribution in [2.24, 2.45) is 33.8 Å². The first-order valence-corrected chi connectivity index (χ1v) is 21.0. The molecule has 2 bridgehead atoms. The van der Waals surface area contributed by atoms with Gasteiger partial charge in [-0.2, -0.15) is 0 Å². The lowest BCUT2D eigenvalue weighted by Crippen LogP contribution is -2.60. The van der Waals surface area contributed by atoms with E-state index in [-0.39, 0.29) is 56.4 Å². The van der Waals surface area contributed by atoms with Gasteiger partial charge in [-0.25, -0.2) is 15.0 Å². The summed E-state index contributed by atoms with van der Waals surface area (Å²) in [6.07, 6.45) is -3.84. The number of ether oxygens (including phenoxy) is 5. The van der Waals surface area contributed by atoms with Crippen molar-refractivity contribution in [2.45, 2.75) is 142 Å². The van der Waals surface area contributed by atoms with Crippen LogP contribution in [-0.2, 0) is 49.5 Å². The van der Waals surface area contributed by atoms with E-state index in [9.17, 15) is 24.6 Å². The van der Waals surface area contributed by atoms with Gasteiger partial charge >= 0.3 is 5.97 Å². The third-order valence-corrected chi connectivity index (χ3v) is 12.1. The van der Waals surface area contributed by atoms with Crippen molar-refractivity contribution in [1.29, 1.82) is 0 Å². The van der Waals surface area contributed by atoms with Crippen molar-refractivity contribution < 1.29 is 57.5 Å². The molecule has 0 aliphatic carbocycles. The van der Waals surface area contributed by atoms with Crippen LogP contribution in [-0.4, -0.2) is 136 Å². The number of aliphatic hydroxyl groups is 2. The number of aliphatic hydroxyl groups excluding tert-OH is 1. The summed E-state index contributed by atoms with van der Waals surface area (Å²) in [6, 6.07) is 4.75. The quantitative estimate of drug-likeness (QED) is 0.195. The summed E-state index contributed by atoms with van der Waals surface area (Å²) < 4.78 is 38.3. The highest BCUT2D eigenvalue weighted by Gasteiger charge is 2.53. The van der Waals surface area contributed by atoms with Gasteiger partial charge in [0.25, 0.3) is 0 Å². The molecule has 3 saturated heterocycles. The molecule has 5 heterocycles. The SMILES string of the molecule is CC[C@H]1OC(=O)[C@H](C)C(=O)[C@H](C)[C@@H](O[C@@H]2O[C@H](C)C[C@H](N(C)C)[C@H]2O)[C@@]2(C)C[C@@H](C)C(=NC(C)=O)[C@H](C)[C@H](OC/C(=N\OCc3cnc(-c4cccc(N)n4)o3)CO2)[C@]1(C)O. The van der Waals surface area contributed by atoms with Crippen LogP contribution < -0.4 is 5.73 Å². The molecule has 338 valence electrons. The first kappa shape index (κ1) is 47.9. The van der Waals surface area contributed by atoms with Crippen molar-refractivity contribution in [3.63, 3.8) is 0 Å². The van der Waals surface area contributed by atoms with Gasteiger partial charge in [0.1, 0.15) is 41.0 Å². The fourth-order valence-electron chi connectivity index (χ4n) is 8.86. The zero-order valence-corrected chi connectivity index (χ0v) is 37.2. The lowest BCUT2D eigenvalue weighted by Gasteiger charge is -2.47. The molecule has 3 fully saturated rings. The topological polar surface area (TPSA) is 240 Å². The molecule has 3 aliphatic rings. The summed E-state index contributed by atoms with van der Waals surface area (Å²) >= 11 is 0. The summed E-state index contributed by atoms with van der Waals surface area (Å²) in [7, 11) is 3.71. The average molecular weight is 857 g/mol. The first-order valence-electron chi connectivity index (χ1n) is 21.0. The third-order valence-electron chi connectivity index (χ3n) is 12.1. The number of oxazole rings is 1. The van der Waals surface area contributed by atoms with Gasteiger partial charge in [0, 0.05) is 30.5 Å². The molecule has 3 aliphatic heterocycles. The van der Waals surface area contributed by atoms with Crippen molar-refractivity contribution in [2.75, 3.05) is 33.0 Å². The number of hydrogen-bond donors (Lipinski definition) is 3. The molecule has 0 spiro atoms. The molecule has 61 heavy (non-hydrogen) atoms. The van der Waals surface area contributed by atoms with E-state index in [1.54, 1.807) is 45.9 Å². The number of carbonyl (C=O) groups excluding carboxylic acids is 3. The fraction of sp³-hybridized carbons (Fsp3) is 0.698. The molecule has 2 aromatic heterocycles. The lowest BCUT2D eigenvalue weighted by atomic mass is 9.73. The van der Waals surface area contributed by atoms with E-state index in [0.717, 1.165) is 0 Å². The van der Waals surface area contributed by atoms with Crippen LogP contribution in [0.25, 0.3) is 11.6 Å². The van der Waals surface area contributed by atoms with Gasteiger partial charge in [-0.05, 0) is 79.1 Å². The van der Waals surface area contributed by atoms with Crippen LogP contribution in [0.4, 0.5) is 5.82 Å². The predicted molar refractivity (Wildman–Crippen MR) is 223 cm³/mol. The molecule has 1 amide bonds. The number of carbonyl (C=O) groups is 3. The van der Waals surface area contributed by atoms with Crippen LogP contribution >= 0.6 is 0 Å². The Morgan fingerprint density at radius 2 is 1.82 bits per heavy atom. The van der Waals surface area contributed by atoms with Crippen LogP contribution in [0.3, 0.4) is 0 Å². The van der Waals surface area contributed by atoms with E-state index in [1.807, 2.05) is 32.8 Å². The van der Waals surface area contributed by atoms with Crippen molar-refractivity contribution in [3.8, 4) is 11.6 Å². The number of aromatic nitrogens is 2. The van der Waals surface area contributed by atoms with Crippen LogP contribution in [0.15, 0.2) is 39.0 Å². The van der Waals surface area contributed by atoms with Gasteiger partial charge in [0.15, 0.2) is 24.4 Å². The number of nitrogen functional groups attached to an aromatic ring is 1. The highest BCUT2D eigenvalue weighted by atomic mass is 16.7. The van der Waals surface area contributed by atoms with Gasteiger partial charge in [0.05, 0.1) is 43.3 Å². The first-order chi connectivity index (χ1) is 28.7. The number of aliphatic imine (C=N–C) groups is 1. The Kier molecular flexibility index (Phi) is 15.6. The normalized spacial score (nSPS) is 37.2. The lowest BCUT2D eigenvalue weighted by molar-refractivity contribution is -0.296. The number of esters is 1. The Bertz CT molecular complexity index is 1920. The molecule has 0 saturated carbocycles. The summed E-state index contributed by atoms with van der Waals surface area (Å²) in [6.45, 7) is 14.3. The largest absolute Gasteiger partial charge is 0.459 e. The number of ketones is 1. The molecule has 13 atom stereocenters. The number of rotatable bonds is 8. The number of nitrogens with two attached hydrogens (primary N) is 1. The summed E-state index contributed by atoms with van der Waals surface area (Å²) in [5.41, 5.74) is 3.59. The number of oxime groups is 1. The molecule has 0 unspecified atom stereocenters. The zero-order valence-electron chi connectivity index (χ0n) is 37.2. The average Bonchev–Trinajstić information content (AvgIpc) is 3.67. The van der Waals surface area contributed by atoms with Gasteiger partial charge in [-0.1, -0.05) is 38.9 Å². The highest BCUT2D eigenvalue weighted by molar-refractivity contribution is 6.00. The minimum atomic E-state index is -1.88. The molecular formula is C43H64N6O12. The number of anilines is 1. The smallest absolute Gasteiger partial charge is 0.316 e. The minimum absolute atomic E-state index is 0.110. The van der Waals surface area contributed by atoms with Crippen molar-refractivity contribution in [1.82, 2.24) is 14.9 Å². The van der Waals surface area contributed by atoms with E-state index < -0.39 is 83.2 Å². The second-order valence-electron chi connectivity index (χ2n) is 17.4. The zero-order chi connectivity index (χ0) is 45.0. The molecule has 18 heteroatoms. The molecule has 2 aromatic rings. The van der Waals surface area contributed by atoms with Crippen LogP contribution in [0.1, 0.15) is 87.3 Å². The van der Waals surface area contributed by atoms with E-state index in [0.29, 0.717) is 29.4 Å². The van der Waals surface area contributed by atoms with Gasteiger partial charge in [-0.3, -0.25) is 14.4 Å². The molecule has 0 radical (unpaired) electrons. The summed E-state index contributed by atoms with van der Waals surface area (Å²) in [5, 5.41) is 28.5. The van der Waals surface area contributed by atoms with E-state index in [1.165, 1.54) is 27.0 Å². The van der Waals surface area contributed by atoms with E-state index >= 15 is 0 Å². The molecule has 4 N–H and O–H groups in total. The maximum Gasteiger partial charge on any atom is 0.316 e.